The van der Waals surface area contributed by atoms with E-state index in [-0.39, 0.29) is 0 Å². The fourth-order valence-electron chi connectivity index (χ4n) is 3.08. The van der Waals surface area contributed by atoms with Gasteiger partial charge < -0.3 is 5.32 Å². The molecule has 1 N–H and O–H groups in total. The highest BCUT2D eigenvalue weighted by Crippen LogP contribution is 2.40. The van der Waals surface area contributed by atoms with Crippen LogP contribution in [0.15, 0.2) is 47.5 Å². The van der Waals surface area contributed by atoms with E-state index < -0.39 is 11.7 Å². The number of pyridine rings is 1. The molecule has 0 bridgehead atoms. The average Bonchev–Trinajstić information content (AvgIpc) is 3.10. The number of thioether (sulfide) groups is 1. The van der Waals surface area contributed by atoms with Gasteiger partial charge in [0.2, 0.25) is 0 Å². The molecule has 3 nitrogen and oxygen atoms in total. The Morgan fingerprint density at radius 1 is 1.12 bits per heavy atom. The van der Waals surface area contributed by atoms with Gasteiger partial charge in [-0.25, -0.2) is 0 Å². The third-order valence-corrected chi connectivity index (χ3v) is 5.41. The SMILES string of the molecule is N#Cc1cnc2ccc3c(c2c1Nc1ccc(C(F)(F)F)cc1)CCS3. The number of benzene rings is 2. The van der Waals surface area contributed by atoms with Crippen molar-refractivity contribution in [2.24, 2.45) is 0 Å². The minimum atomic E-state index is -4.38. The minimum absolute atomic E-state index is 0.364. The fourth-order valence-corrected chi connectivity index (χ4v) is 4.15. The lowest BCUT2D eigenvalue weighted by Gasteiger charge is -2.15. The number of hydrogen-bond donors (Lipinski definition) is 1. The van der Waals surface area contributed by atoms with Crippen molar-refractivity contribution in [3.63, 3.8) is 0 Å². The molecule has 0 radical (unpaired) electrons. The van der Waals surface area contributed by atoms with Crippen LogP contribution in [0.25, 0.3) is 10.9 Å². The molecule has 26 heavy (non-hydrogen) atoms. The number of anilines is 2. The van der Waals surface area contributed by atoms with Gasteiger partial charge in [0.15, 0.2) is 0 Å². The van der Waals surface area contributed by atoms with E-state index >= 15 is 0 Å². The number of hydrogen-bond acceptors (Lipinski definition) is 4. The molecule has 0 saturated carbocycles. The van der Waals surface area contributed by atoms with Crippen molar-refractivity contribution in [3.05, 3.63) is 59.3 Å². The zero-order chi connectivity index (χ0) is 18.3. The number of nitrogens with one attached hydrogen (secondary N) is 1. The highest BCUT2D eigenvalue weighted by Gasteiger charge is 2.30. The summed E-state index contributed by atoms with van der Waals surface area (Å²) in [6, 6.07) is 10.8. The number of halogens is 3. The van der Waals surface area contributed by atoms with Crippen molar-refractivity contribution in [1.29, 1.82) is 5.26 Å². The number of nitriles is 1. The third-order valence-electron chi connectivity index (χ3n) is 4.31. The Bertz CT molecular complexity index is 1040. The van der Waals surface area contributed by atoms with E-state index in [0.29, 0.717) is 16.9 Å². The maximum atomic E-state index is 12.7. The summed E-state index contributed by atoms with van der Waals surface area (Å²) in [7, 11) is 0. The zero-order valence-electron chi connectivity index (χ0n) is 13.4. The van der Waals surface area contributed by atoms with E-state index in [0.717, 1.165) is 45.7 Å². The van der Waals surface area contributed by atoms with Crippen molar-refractivity contribution in [1.82, 2.24) is 4.98 Å². The number of alkyl halides is 3. The smallest absolute Gasteiger partial charge is 0.354 e. The van der Waals surface area contributed by atoms with Crippen molar-refractivity contribution in [3.8, 4) is 6.07 Å². The van der Waals surface area contributed by atoms with E-state index in [1.165, 1.54) is 18.3 Å². The highest BCUT2D eigenvalue weighted by atomic mass is 32.2. The van der Waals surface area contributed by atoms with Gasteiger partial charge in [-0.2, -0.15) is 18.4 Å². The van der Waals surface area contributed by atoms with E-state index in [9.17, 15) is 18.4 Å². The maximum Gasteiger partial charge on any atom is 0.416 e. The van der Waals surface area contributed by atoms with Gasteiger partial charge in [-0.3, -0.25) is 4.98 Å². The Morgan fingerprint density at radius 2 is 1.88 bits per heavy atom. The van der Waals surface area contributed by atoms with Crippen LogP contribution in [0.4, 0.5) is 24.5 Å². The summed E-state index contributed by atoms with van der Waals surface area (Å²) < 4.78 is 38.2. The molecule has 0 spiro atoms. The molecule has 2 heterocycles. The van der Waals surface area contributed by atoms with Crippen LogP contribution in [0.2, 0.25) is 0 Å². The third kappa shape index (κ3) is 2.86. The minimum Gasteiger partial charge on any atom is -0.354 e. The summed E-state index contributed by atoms with van der Waals surface area (Å²) in [6.45, 7) is 0. The number of fused-ring (bicyclic) bond motifs is 3. The van der Waals surface area contributed by atoms with Crippen LogP contribution in [0, 0.1) is 11.3 Å². The Kier molecular flexibility index (Phi) is 4.00. The molecule has 0 aliphatic carbocycles. The van der Waals surface area contributed by atoms with Gasteiger partial charge in [-0.15, -0.1) is 11.8 Å². The average molecular weight is 371 g/mol. The predicted octanol–water partition coefficient (Wildman–Crippen LogP) is 5.52. The first-order valence-electron chi connectivity index (χ1n) is 7.89. The molecule has 1 aliphatic heterocycles. The molecular weight excluding hydrogens is 359 g/mol. The largest absolute Gasteiger partial charge is 0.416 e. The Morgan fingerprint density at radius 3 is 2.58 bits per heavy atom. The van der Waals surface area contributed by atoms with Crippen molar-refractivity contribution < 1.29 is 13.2 Å². The maximum absolute atomic E-state index is 12.7. The van der Waals surface area contributed by atoms with Crippen LogP contribution in [0.1, 0.15) is 16.7 Å². The molecule has 0 unspecified atom stereocenters. The van der Waals surface area contributed by atoms with Gasteiger partial charge in [-0.1, -0.05) is 0 Å². The second-order valence-corrected chi connectivity index (χ2v) is 7.03. The van der Waals surface area contributed by atoms with Crippen LogP contribution >= 0.6 is 11.8 Å². The quantitative estimate of drug-likeness (QED) is 0.645. The second-order valence-electron chi connectivity index (χ2n) is 5.89. The van der Waals surface area contributed by atoms with E-state index in [1.54, 1.807) is 11.8 Å². The molecule has 1 aromatic heterocycles. The first-order chi connectivity index (χ1) is 12.5. The summed E-state index contributed by atoms with van der Waals surface area (Å²) >= 11 is 1.75. The standard InChI is InChI=1S/C19H12F3N3S/c20-19(21,22)12-1-3-13(4-2-12)25-18-11(9-23)10-24-15-5-6-16-14(17(15)18)7-8-26-16/h1-6,10H,7-8H2,(H,24,25). The van der Waals surface area contributed by atoms with Gasteiger partial charge in [0, 0.05) is 27.9 Å². The van der Waals surface area contributed by atoms with Gasteiger partial charge in [0.05, 0.1) is 22.3 Å². The van der Waals surface area contributed by atoms with E-state index in [1.807, 2.05) is 12.1 Å². The lowest BCUT2D eigenvalue weighted by Crippen LogP contribution is -2.05. The van der Waals surface area contributed by atoms with Crippen LogP contribution in [0.3, 0.4) is 0 Å². The summed E-state index contributed by atoms with van der Waals surface area (Å²) in [6.07, 6.45) is -2.02. The van der Waals surface area contributed by atoms with Gasteiger partial charge in [0.1, 0.15) is 6.07 Å². The molecule has 7 heteroatoms. The second kappa shape index (κ2) is 6.22. The Hall–Kier alpha value is -2.72. The predicted molar refractivity (Wildman–Crippen MR) is 95.6 cm³/mol. The van der Waals surface area contributed by atoms with Crippen LogP contribution in [-0.4, -0.2) is 10.7 Å². The van der Waals surface area contributed by atoms with Gasteiger partial charge in [-0.05, 0) is 48.4 Å². The van der Waals surface area contributed by atoms with E-state index in [2.05, 4.69) is 16.4 Å². The van der Waals surface area contributed by atoms with Crippen LogP contribution < -0.4 is 5.32 Å². The summed E-state index contributed by atoms with van der Waals surface area (Å²) in [5.74, 6) is 0.963. The number of nitrogens with zero attached hydrogens (tertiary/aromatic N) is 2. The lowest BCUT2D eigenvalue weighted by atomic mass is 10.0. The van der Waals surface area contributed by atoms with Crippen LogP contribution in [0.5, 0.6) is 0 Å². The first-order valence-corrected chi connectivity index (χ1v) is 8.88. The number of aryl methyl sites for hydroxylation is 1. The fraction of sp³-hybridized carbons (Fsp3) is 0.158. The number of rotatable bonds is 2. The Balaban J connectivity index is 1.83. The molecule has 4 rings (SSSR count). The molecule has 0 saturated heterocycles. The molecule has 0 atom stereocenters. The van der Waals surface area contributed by atoms with Crippen molar-refractivity contribution in [2.75, 3.05) is 11.1 Å². The molecule has 1 aliphatic rings. The molecule has 130 valence electrons. The monoisotopic (exact) mass is 371 g/mol. The summed E-state index contributed by atoms with van der Waals surface area (Å²) in [4.78, 5) is 5.51. The van der Waals surface area contributed by atoms with Crippen molar-refractivity contribution in [2.45, 2.75) is 17.5 Å². The molecule has 3 aromatic rings. The first kappa shape index (κ1) is 16.7. The summed E-state index contributed by atoms with van der Waals surface area (Å²) in [5.41, 5.74) is 2.64. The summed E-state index contributed by atoms with van der Waals surface area (Å²) in [5, 5.41) is 13.5. The van der Waals surface area contributed by atoms with E-state index in [4.69, 9.17) is 0 Å². The van der Waals surface area contributed by atoms with Gasteiger partial charge in [0.25, 0.3) is 0 Å². The highest BCUT2D eigenvalue weighted by molar-refractivity contribution is 7.99. The molecule has 0 amide bonds. The normalized spacial score (nSPS) is 13.5. The topological polar surface area (TPSA) is 48.7 Å². The molecule has 0 fully saturated rings. The van der Waals surface area contributed by atoms with Crippen molar-refractivity contribution >= 4 is 34.0 Å². The van der Waals surface area contributed by atoms with Gasteiger partial charge >= 0.3 is 6.18 Å². The number of aromatic nitrogens is 1. The Labute approximate surface area is 151 Å². The molecular formula is C19H12F3N3S. The zero-order valence-corrected chi connectivity index (χ0v) is 14.2. The molecule has 2 aromatic carbocycles. The lowest BCUT2D eigenvalue weighted by molar-refractivity contribution is -0.137. The van der Waals surface area contributed by atoms with Crippen LogP contribution in [-0.2, 0) is 12.6 Å².